The largest absolute Gasteiger partial charge is 0.478 e. The Bertz CT molecular complexity index is 1170. The third kappa shape index (κ3) is 3.32. The highest BCUT2D eigenvalue weighted by atomic mass is 32.2. The lowest BCUT2D eigenvalue weighted by Gasteiger charge is -2.04. The first-order valence-electron chi connectivity index (χ1n) is 7.96. The molecule has 27 heavy (non-hydrogen) atoms. The van der Waals surface area contributed by atoms with Gasteiger partial charge in [0.1, 0.15) is 10.7 Å². The molecule has 3 aromatic heterocycles. The maximum absolute atomic E-state index is 11.1. The summed E-state index contributed by atoms with van der Waals surface area (Å²) in [5.74, 6) is -0.767. The van der Waals surface area contributed by atoms with Crippen molar-refractivity contribution in [2.24, 2.45) is 0 Å². The van der Waals surface area contributed by atoms with Crippen LogP contribution in [0, 0.1) is 6.92 Å². The number of aromatic carboxylic acids is 1. The molecule has 0 bridgehead atoms. The van der Waals surface area contributed by atoms with Gasteiger partial charge in [0.05, 0.1) is 17.5 Å². The van der Waals surface area contributed by atoms with Gasteiger partial charge in [-0.2, -0.15) is 0 Å². The number of hydrogen-bond acceptors (Lipinski definition) is 7. The van der Waals surface area contributed by atoms with Gasteiger partial charge in [-0.3, -0.25) is 4.40 Å². The fraction of sp³-hybridized carbons (Fsp3) is 0.0556. The van der Waals surface area contributed by atoms with Crippen LogP contribution in [-0.4, -0.2) is 35.4 Å². The van der Waals surface area contributed by atoms with Crippen molar-refractivity contribution in [3.63, 3.8) is 0 Å². The molecule has 0 spiro atoms. The molecule has 0 saturated carbocycles. The number of benzene rings is 1. The van der Waals surface area contributed by atoms with Gasteiger partial charge in [0.25, 0.3) is 0 Å². The normalized spacial score (nSPS) is 11.0. The number of rotatable bonds is 4. The number of carboxylic acids is 1. The van der Waals surface area contributed by atoms with Crippen LogP contribution in [0.15, 0.2) is 58.8 Å². The number of nitrogens with zero attached hydrogens (tertiary/aromatic N) is 5. The second-order valence-corrected chi connectivity index (χ2v) is 6.83. The fourth-order valence-corrected chi connectivity index (χ4v) is 3.51. The molecule has 0 fully saturated rings. The van der Waals surface area contributed by atoms with E-state index >= 15 is 0 Å². The molecule has 0 aliphatic carbocycles. The zero-order valence-corrected chi connectivity index (χ0v) is 15.0. The Balaban J connectivity index is 1.71. The Morgan fingerprint density at radius 2 is 2.07 bits per heavy atom. The van der Waals surface area contributed by atoms with Crippen molar-refractivity contribution >= 4 is 29.3 Å². The smallest absolute Gasteiger partial charge is 0.335 e. The lowest BCUT2D eigenvalue weighted by molar-refractivity contribution is 0.0696. The van der Waals surface area contributed by atoms with Gasteiger partial charge in [0, 0.05) is 23.0 Å². The average molecular weight is 378 g/mol. The molecule has 4 aromatic rings. The van der Waals surface area contributed by atoms with Crippen LogP contribution in [-0.2, 0) is 0 Å². The van der Waals surface area contributed by atoms with E-state index in [9.17, 15) is 4.79 Å². The molecule has 0 aliphatic heterocycles. The first-order chi connectivity index (χ1) is 13.0. The van der Waals surface area contributed by atoms with Gasteiger partial charge in [-0.25, -0.2) is 24.7 Å². The maximum atomic E-state index is 11.1. The number of carbonyl (C=O) groups is 1. The number of carboxylic acid groups (broad SMARTS) is 1. The minimum absolute atomic E-state index is 0.191. The molecular weight excluding hydrogens is 364 g/mol. The first kappa shape index (κ1) is 17.0. The predicted octanol–water partition coefficient (Wildman–Crippen LogP) is 2.93. The van der Waals surface area contributed by atoms with Crippen LogP contribution in [0.2, 0.25) is 0 Å². The van der Waals surface area contributed by atoms with Gasteiger partial charge in [0.15, 0.2) is 5.65 Å². The van der Waals surface area contributed by atoms with Crippen molar-refractivity contribution < 1.29 is 9.90 Å². The molecule has 3 heterocycles. The second-order valence-electron chi connectivity index (χ2n) is 5.73. The van der Waals surface area contributed by atoms with Crippen molar-refractivity contribution in [2.75, 3.05) is 5.73 Å². The van der Waals surface area contributed by atoms with Crippen molar-refractivity contribution in [1.82, 2.24) is 24.3 Å². The Hall–Kier alpha value is -3.46. The molecule has 134 valence electrons. The Labute approximate surface area is 158 Å². The van der Waals surface area contributed by atoms with E-state index < -0.39 is 5.97 Å². The fourth-order valence-electron chi connectivity index (χ4n) is 2.67. The highest BCUT2D eigenvalue weighted by molar-refractivity contribution is 7.99. The molecule has 8 nitrogen and oxygen atoms in total. The molecule has 1 aromatic carbocycles. The standard InChI is InChI=1S/C18H14N6O2S/c1-10-16(13-5-6-20-18(19)22-13)23-14-8-21-15(9-24(10)14)27-12-4-2-3-11(7-12)17(25)26/h2-9H,1H3,(H,25,26)(H2,19,20,22). The van der Waals surface area contributed by atoms with Crippen LogP contribution >= 0.6 is 11.8 Å². The molecule has 0 aliphatic rings. The van der Waals surface area contributed by atoms with Crippen molar-refractivity contribution in [1.29, 1.82) is 0 Å². The number of aromatic nitrogens is 5. The Morgan fingerprint density at radius 3 is 2.85 bits per heavy atom. The molecule has 0 unspecified atom stereocenters. The number of anilines is 1. The van der Waals surface area contributed by atoms with Crippen LogP contribution in [0.25, 0.3) is 17.0 Å². The number of aryl methyl sites for hydroxylation is 1. The quantitative estimate of drug-likeness (QED) is 0.556. The molecule has 4 rings (SSSR count). The van der Waals surface area contributed by atoms with Crippen LogP contribution in [0.3, 0.4) is 0 Å². The van der Waals surface area contributed by atoms with Crippen molar-refractivity contribution in [3.05, 3.63) is 60.2 Å². The van der Waals surface area contributed by atoms with Crippen molar-refractivity contribution in [2.45, 2.75) is 16.8 Å². The Morgan fingerprint density at radius 1 is 1.22 bits per heavy atom. The van der Waals surface area contributed by atoms with Crippen LogP contribution in [0.4, 0.5) is 5.95 Å². The average Bonchev–Trinajstić information content (AvgIpc) is 2.98. The van der Waals surface area contributed by atoms with E-state index in [2.05, 4.69) is 19.9 Å². The summed E-state index contributed by atoms with van der Waals surface area (Å²) in [6, 6.07) is 8.49. The van der Waals surface area contributed by atoms with E-state index in [1.165, 1.54) is 11.8 Å². The molecule has 0 saturated heterocycles. The minimum atomic E-state index is -0.958. The number of fused-ring (bicyclic) bond motifs is 1. The monoisotopic (exact) mass is 378 g/mol. The van der Waals surface area contributed by atoms with E-state index in [4.69, 9.17) is 10.8 Å². The Kier molecular flexibility index (Phi) is 4.21. The summed E-state index contributed by atoms with van der Waals surface area (Å²) < 4.78 is 1.92. The third-order valence-corrected chi connectivity index (χ3v) is 4.85. The second kappa shape index (κ2) is 6.69. The third-order valence-electron chi connectivity index (χ3n) is 3.94. The molecule has 3 N–H and O–H groups in total. The summed E-state index contributed by atoms with van der Waals surface area (Å²) in [5.41, 5.74) is 8.84. The number of nitrogen functional groups attached to an aromatic ring is 1. The zero-order valence-electron chi connectivity index (χ0n) is 14.2. The van der Waals surface area contributed by atoms with Gasteiger partial charge in [-0.15, -0.1) is 0 Å². The van der Waals surface area contributed by atoms with Gasteiger partial charge >= 0.3 is 5.97 Å². The first-order valence-corrected chi connectivity index (χ1v) is 8.78. The summed E-state index contributed by atoms with van der Waals surface area (Å²) >= 11 is 1.38. The van der Waals surface area contributed by atoms with E-state index in [0.717, 1.165) is 15.6 Å². The van der Waals surface area contributed by atoms with E-state index in [1.54, 1.807) is 36.7 Å². The molecule has 9 heteroatoms. The van der Waals surface area contributed by atoms with E-state index in [0.29, 0.717) is 17.0 Å². The van der Waals surface area contributed by atoms with Gasteiger partial charge < -0.3 is 10.8 Å². The lowest BCUT2D eigenvalue weighted by atomic mass is 10.2. The van der Waals surface area contributed by atoms with Crippen molar-refractivity contribution in [3.8, 4) is 11.4 Å². The highest BCUT2D eigenvalue weighted by Crippen LogP contribution is 2.28. The minimum Gasteiger partial charge on any atom is -0.478 e. The molecule has 0 amide bonds. The van der Waals surface area contributed by atoms with Crippen LogP contribution in [0.1, 0.15) is 16.1 Å². The van der Waals surface area contributed by atoms with Crippen LogP contribution < -0.4 is 5.73 Å². The summed E-state index contributed by atoms with van der Waals surface area (Å²) in [5, 5.41) is 9.85. The summed E-state index contributed by atoms with van der Waals surface area (Å²) in [6.07, 6.45) is 5.13. The zero-order chi connectivity index (χ0) is 19.0. The van der Waals surface area contributed by atoms with Gasteiger partial charge in [0.2, 0.25) is 5.95 Å². The van der Waals surface area contributed by atoms with Crippen LogP contribution in [0.5, 0.6) is 0 Å². The highest BCUT2D eigenvalue weighted by Gasteiger charge is 2.13. The van der Waals surface area contributed by atoms with E-state index in [-0.39, 0.29) is 11.5 Å². The number of imidazole rings is 1. The summed E-state index contributed by atoms with van der Waals surface area (Å²) in [7, 11) is 0. The predicted molar refractivity (Wildman–Crippen MR) is 101 cm³/mol. The number of hydrogen-bond donors (Lipinski definition) is 2. The molecular formula is C18H14N6O2S. The van der Waals surface area contributed by atoms with Gasteiger partial charge in [-0.05, 0) is 31.2 Å². The lowest BCUT2D eigenvalue weighted by Crippen LogP contribution is -1.96. The maximum Gasteiger partial charge on any atom is 0.335 e. The molecule has 0 radical (unpaired) electrons. The number of nitrogens with two attached hydrogens (primary N) is 1. The molecule has 0 atom stereocenters. The van der Waals surface area contributed by atoms with Gasteiger partial charge in [-0.1, -0.05) is 17.8 Å². The summed E-state index contributed by atoms with van der Waals surface area (Å²) in [4.78, 5) is 29.0. The van der Waals surface area contributed by atoms with E-state index in [1.807, 2.05) is 23.6 Å². The SMILES string of the molecule is Cc1c(-c2ccnc(N)n2)nc2cnc(Sc3cccc(C(=O)O)c3)cn12. The topological polar surface area (TPSA) is 119 Å². The summed E-state index contributed by atoms with van der Waals surface area (Å²) in [6.45, 7) is 1.94.